The maximum atomic E-state index is 10.7. The van der Waals surface area contributed by atoms with Gasteiger partial charge in [0.05, 0.1) is 6.61 Å². The number of carbonyl (C=O) groups excluding carboxylic acids is 1. The van der Waals surface area contributed by atoms with Crippen molar-refractivity contribution in [3.8, 4) is 5.75 Å². The molecule has 0 saturated heterocycles. The van der Waals surface area contributed by atoms with Crippen LogP contribution in [0, 0.1) is 0 Å². The van der Waals surface area contributed by atoms with Gasteiger partial charge in [-0.1, -0.05) is 19.1 Å². The summed E-state index contributed by atoms with van der Waals surface area (Å²) in [6, 6.07) is 7.94. The predicted octanol–water partition coefficient (Wildman–Crippen LogP) is 3.04. The number of ether oxygens (including phenoxy) is 1. The Labute approximate surface area is 115 Å². The number of hydrogen-bond donors (Lipinski definition) is 1. The van der Waals surface area contributed by atoms with Gasteiger partial charge in [0.1, 0.15) is 11.4 Å². The van der Waals surface area contributed by atoms with E-state index < -0.39 is 0 Å². The van der Waals surface area contributed by atoms with E-state index in [2.05, 4.69) is 5.48 Å². The van der Waals surface area contributed by atoms with E-state index in [9.17, 15) is 4.79 Å². The lowest BCUT2D eigenvalue weighted by Crippen LogP contribution is -2.23. The van der Waals surface area contributed by atoms with Crippen molar-refractivity contribution in [2.45, 2.75) is 46.1 Å². The lowest BCUT2D eigenvalue weighted by molar-refractivity contribution is -0.131. The van der Waals surface area contributed by atoms with Crippen LogP contribution in [-0.2, 0) is 9.63 Å². The van der Waals surface area contributed by atoms with E-state index in [1.165, 1.54) is 6.92 Å². The van der Waals surface area contributed by atoms with Crippen LogP contribution in [-0.4, -0.2) is 18.1 Å². The van der Waals surface area contributed by atoms with Gasteiger partial charge in [0.25, 0.3) is 0 Å². The van der Waals surface area contributed by atoms with Crippen LogP contribution in [0.3, 0.4) is 0 Å². The summed E-state index contributed by atoms with van der Waals surface area (Å²) in [6.07, 6.45) is 0. The molecule has 0 aliphatic heterocycles. The van der Waals surface area contributed by atoms with Crippen molar-refractivity contribution < 1.29 is 14.4 Å². The molecule has 0 saturated carbocycles. The molecule has 19 heavy (non-hydrogen) atoms. The highest BCUT2D eigenvalue weighted by Crippen LogP contribution is 2.22. The number of hydroxylamine groups is 1. The molecule has 1 aromatic rings. The number of nitrogens with one attached hydrogen (secondary N) is 1. The molecule has 0 radical (unpaired) electrons. The SMILES string of the molecule is CC(=O)NOCC(C)c1ccc(OC(C)(C)C)cc1. The Bertz CT molecular complexity index is 406. The highest BCUT2D eigenvalue weighted by Gasteiger charge is 2.12. The van der Waals surface area contributed by atoms with E-state index in [1.807, 2.05) is 52.0 Å². The first kappa shape index (κ1) is 15.5. The van der Waals surface area contributed by atoms with Crippen LogP contribution < -0.4 is 10.2 Å². The Morgan fingerprint density at radius 3 is 2.32 bits per heavy atom. The summed E-state index contributed by atoms with van der Waals surface area (Å²) in [5.41, 5.74) is 3.28. The van der Waals surface area contributed by atoms with E-state index in [4.69, 9.17) is 9.57 Å². The molecule has 1 aromatic carbocycles. The number of carbonyl (C=O) groups is 1. The highest BCUT2D eigenvalue weighted by atomic mass is 16.6. The molecule has 0 fully saturated rings. The topological polar surface area (TPSA) is 47.6 Å². The van der Waals surface area contributed by atoms with Gasteiger partial charge in [0, 0.05) is 12.8 Å². The van der Waals surface area contributed by atoms with Gasteiger partial charge in [0.2, 0.25) is 5.91 Å². The molecule has 4 nitrogen and oxygen atoms in total. The molecule has 0 aliphatic rings. The van der Waals surface area contributed by atoms with Crippen LogP contribution in [0.1, 0.15) is 46.1 Å². The molecule has 0 aromatic heterocycles. The summed E-state index contributed by atoms with van der Waals surface area (Å²) < 4.78 is 5.76. The van der Waals surface area contributed by atoms with Crippen molar-refractivity contribution in [1.82, 2.24) is 5.48 Å². The molecule has 1 amide bonds. The Kier molecular flexibility index (Phi) is 5.36. The second-order valence-corrected chi connectivity index (χ2v) is 5.65. The third-order valence-corrected chi connectivity index (χ3v) is 2.42. The van der Waals surface area contributed by atoms with Crippen LogP contribution in [0.25, 0.3) is 0 Å². The van der Waals surface area contributed by atoms with Gasteiger partial charge in [-0.2, -0.15) is 0 Å². The van der Waals surface area contributed by atoms with Crippen LogP contribution in [0.4, 0.5) is 0 Å². The average molecular weight is 265 g/mol. The second-order valence-electron chi connectivity index (χ2n) is 5.65. The fourth-order valence-corrected chi connectivity index (χ4v) is 1.58. The van der Waals surface area contributed by atoms with E-state index in [-0.39, 0.29) is 17.4 Å². The van der Waals surface area contributed by atoms with Gasteiger partial charge in [-0.15, -0.1) is 0 Å². The van der Waals surface area contributed by atoms with Crippen molar-refractivity contribution in [3.63, 3.8) is 0 Å². The zero-order valence-corrected chi connectivity index (χ0v) is 12.3. The largest absolute Gasteiger partial charge is 0.488 e. The minimum Gasteiger partial charge on any atom is -0.488 e. The average Bonchev–Trinajstić information content (AvgIpc) is 2.27. The number of amides is 1. The monoisotopic (exact) mass is 265 g/mol. The minimum atomic E-state index is -0.193. The van der Waals surface area contributed by atoms with Crippen molar-refractivity contribution in [2.75, 3.05) is 6.61 Å². The third kappa shape index (κ3) is 6.25. The summed E-state index contributed by atoms with van der Waals surface area (Å²) in [5, 5.41) is 0. The summed E-state index contributed by atoms with van der Waals surface area (Å²) >= 11 is 0. The molecule has 1 atom stereocenters. The molecule has 1 unspecified atom stereocenters. The quantitative estimate of drug-likeness (QED) is 0.832. The molecule has 106 valence electrons. The summed E-state index contributed by atoms with van der Waals surface area (Å²) in [5.74, 6) is 0.864. The molecule has 0 heterocycles. The summed E-state index contributed by atoms with van der Waals surface area (Å²) in [4.78, 5) is 15.8. The van der Waals surface area contributed by atoms with Crippen LogP contribution in [0.5, 0.6) is 5.75 Å². The first-order valence-electron chi connectivity index (χ1n) is 6.45. The molecule has 1 rings (SSSR count). The maximum Gasteiger partial charge on any atom is 0.240 e. The molecule has 0 aliphatic carbocycles. The standard InChI is InChI=1S/C15H23NO3/c1-11(10-18-16-12(2)17)13-6-8-14(9-7-13)19-15(3,4)5/h6-9,11H,10H2,1-5H3,(H,16,17). The van der Waals surface area contributed by atoms with Crippen LogP contribution in [0.2, 0.25) is 0 Å². The number of rotatable bonds is 5. The molecular weight excluding hydrogens is 242 g/mol. The first-order chi connectivity index (χ1) is 8.78. The molecule has 0 spiro atoms. The van der Waals surface area contributed by atoms with E-state index in [0.29, 0.717) is 6.61 Å². The summed E-state index contributed by atoms with van der Waals surface area (Å²) in [6.45, 7) is 9.96. The number of benzene rings is 1. The van der Waals surface area contributed by atoms with Gasteiger partial charge in [-0.3, -0.25) is 9.63 Å². The van der Waals surface area contributed by atoms with Crippen molar-refractivity contribution in [1.29, 1.82) is 0 Å². The Morgan fingerprint density at radius 1 is 1.26 bits per heavy atom. The highest BCUT2D eigenvalue weighted by molar-refractivity contribution is 5.71. The third-order valence-electron chi connectivity index (χ3n) is 2.42. The van der Waals surface area contributed by atoms with Gasteiger partial charge < -0.3 is 4.74 Å². The predicted molar refractivity (Wildman–Crippen MR) is 75.0 cm³/mol. The van der Waals surface area contributed by atoms with Crippen LogP contribution in [0.15, 0.2) is 24.3 Å². The van der Waals surface area contributed by atoms with Crippen molar-refractivity contribution in [2.24, 2.45) is 0 Å². The molecular formula is C15H23NO3. The molecule has 0 bridgehead atoms. The Morgan fingerprint density at radius 2 is 1.84 bits per heavy atom. The lowest BCUT2D eigenvalue weighted by Gasteiger charge is -2.21. The van der Waals surface area contributed by atoms with Gasteiger partial charge >= 0.3 is 0 Å². The second kappa shape index (κ2) is 6.57. The van der Waals surface area contributed by atoms with Gasteiger partial charge in [0.15, 0.2) is 0 Å². The first-order valence-corrected chi connectivity index (χ1v) is 6.45. The van der Waals surface area contributed by atoms with Gasteiger partial charge in [-0.05, 0) is 38.5 Å². The molecule has 4 heteroatoms. The van der Waals surface area contributed by atoms with E-state index in [0.717, 1.165) is 11.3 Å². The lowest BCUT2D eigenvalue weighted by atomic mass is 10.0. The minimum absolute atomic E-state index is 0.193. The summed E-state index contributed by atoms with van der Waals surface area (Å²) in [7, 11) is 0. The fourth-order valence-electron chi connectivity index (χ4n) is 1.58. The Hall–Kier alpha value is -1.55. The normalized spacial score (nSPS) is 12.9. The van der Waals surface area contributed by atoms with Crippen molar-refractivity contribution >= 4 is 5.91 Å². The zero-order valence-electron chi connectivity index (χ0n) is 12.3. The van der Waals surface area contributed by atoms with E-state index >= 15 is 0 Å². The van der Waals surface area contributed by atoms with Crippen molar-refractivity contribution in [3.05, 3.63) is 29.8 Å². The fraction of sp³-hybridized carbons (Fsp3) is 0.533. The maximum absolute atomic E-state index is 10.7. The van der Waals surface area contributed by atoms with Crippen LogP contribution >= 0.6 is 0 Å². The smallest absolute Gasteiger partial charge is 0.240 e. The van der Waals surface area contributed by atoms with Gasteiger partial charge in [-0.25, -0.2) is 5.48 Å². The zero-order chi connectivity index (χ0) is 14.5. The van der Waals surface area contributed by atoms with E-state index in [1.54, 1.807) is 0 Å². The number of hydrogen-bond acceptors (Lipinski definition) is 3. The molecule has 1 N–H and O–H groups in total. The Balaban J connectivity index is 2.53.